The molecular weight excluding hydrogens is 408 g/mol. The van der Waals surface area contributed by atoms with Crippen LogP contribution in [0.4, 0.5) is 5.69 Å². The molecule has 2 aromatic rings. The number of nitrogens with zero attached hydrogens (tertiary/aromatic N) is 2. The zero-order chi connectivity index (χ0) is 20.4. The number of thioether (sulfide) groups is 1. The largest absolute Gasteiger partial charge is 0.497 e. The molecule has 2 saturated heterocycles. The predicted molar refractivity (Wildman–Crippen MR) is 116 cm³/mol. The molecule has 2 heterocycles. The summed E-state index contributed by atoms with van der Waals surface area (Å²) in [4.78, 5) is 18.8. The van der Waals surface area contributed by atoms with E-state index in [0.717, 1.165) is 11.3 Å². The van der Waals surface area contributed by atoms with E-state index < -0.39 is 9.84 Å². The smallest absolute Gasteiger partial charge is 0.248 e. The van der Waals surface area contributed by atoms with Crippen LogP contribution in [0.3, 0.4) is 0 Å². The first-order chi connectivity index (χ1) is 13.9. The summed E-state index contributed by atoms with van der Waals surface area (Å²) in [5.41, 5.74) is 1.91. The van der Waals surface area contributed by atoms with Crippen LogP contribution in [0.5, 0.6) is 5.75 Å². The maximum absolute atomic E-state index is 12.5. The van der Waals surface area contributed by atoms with Crippen molar-refractivity contribution in [3.63, 3.8) is 0 Å². The number of sulfone groups is 1. The van der Waals surface area contributed by atoms with E-state index in [1.807, 2.05) is 59.5 Å². The Morgan fingerprint density at radius 1 is 1.14 bits per heavy atom. The van der Waals surface area contributed by atoms with Gasteiger partial charge in [0.15, 0.2) is 15.0 Å². The number of hydrogen-bond acceptors (Lipinski definition) is 5. The number of hydrogen-bond donors (Lipinski definition) is 0. The second kappa shape index (κ2) is 8.20. The summed E-state index contributed by atoms with van der Waals surface area (Å²) in [6, 6.07) is 17.0. The van der Waals surface area contributed by atoms with Gasteiger partial charge in [0.05, 0.1) is 24.7 Å². The quantitative estimate of drug-likeness (QED) is 0.726. The number of amides is 1. The van der Waals surface area contributed by atoms with E-state index in [0.29, 0.717) is 23.8 Å². The van der Waals surface area contributed by atoms with E-state index >= 15 is 0 Å². The van der Waals surface area contributed by atoms with Gasteiger partial charge in [0, 0.05) is 17.4 Å². The van der Waals surface area contributed by atoms with Gasteiger partial charge in [-0.25, -0.2) is 8.42 Å². The number of rotatable bonds is 5. The highest BCUT2D eigenvalue weighted by atomic mass is 32.2. The Hall–Kier alpha value is -2.32. The third-order valence-electron chi connectivity index (χ3n) is 5.11. The number of carbonyl (C=O) groups is 1. The van der Waals surface area contributed by atoms with E-state index in [-0.39, 0.29) is 28.7 Å². The van der Waals surface area contributed by atoms with Gasteiger partial charge in [-0.2, -0.15) is 4.99 Å². The molecule has 8 heteroatoms. The fourth-order valence-electron chi connectivity index (χ4n) is 3.67. The van der Waals surface area contributed by atoms with E-state index in [9.17, 15) is 13.2 Å². The molecular formula is C21H22N2O4S2. The van der Waals surface area contributed by atoms with Gasteiger partial charge in [-0.05, 0) is 36.2 Å². The first kappa shape index (κ1) is 20.0. The first-order valence-electron chi connectivity index (χ1n) is 9.41. The van der Waals surface area contributed by atoms with Gasteiger partial charge in [-0.1, -0.05) is 42.1 Å². The minimum absolute atomic E-state index is 0.0773. The molecule has 4 rings (SSSR count). The summed E-state index contributed by atoms with van der Waals surface area (Å²) in [6.07, 6.45) is 0.947. The van der Waals surface area contributed by atoms with Gasteiger partial charge >= 0.3 is 0 Å². The fraction of sp³-hybridized carbons (Fsp3) is 0.333. The minimum Gasteiger partial charge on any atom is -0.497 e. The van der Waals surface area contributed by atoms with Crippen LogP contribution in [-0.4, -0.2) is 49.4 Å². The van der Waals surface area contributed by atoms with Crippen LogP contribution < -0.4 is 9.64 Å². The molecule has 0 saturated carbocycles. The highest BCUT2D eigenvalue weighted by Crippen LogP contribution is 2.41. The zero-order valence-corrected chi connectivity index (χ0v) is 17.7. The second-order valence-corrected chi connectivity index (χ2v) is 10.5. The molecule has 0 spiro atoms. The molecule has 2 aliphatic rings. The van der Waals surface area contributed by atoms with Crippen molar-refractivity contribution in [3.05, 3.63) is 60.2 Å². The summed E-state index contributed by atoms with van der Waals surface area (Å²) >= 11 is 1.39. The highest BCUT2D eigenvalue weighted by molar-refractivity contribution is 8.16. The number of benzene rings is 2. The lowest BCUT2D eigenvalue weighted by Crippen LogP contribution is -2.37. The lowest BCUT2D eigenvalue weighted by molar-refractivity contribution is -0.117. The number of methoxy groups -OCH3 is 1. The Morgan fingerprint density at radius 2 is 1.86 bits per heavy atom. The first-order valence-corrected chi connectivity index (χ1v) is 12.1. The number of aryl methyl sites for hydroxylation is 1. The minimum atomic E-state index is -3.08. The van der Waals surface area contributed by atoms with Crippen LogP contribution in [0.1, 0.15) is 12.0 Å². The Morgan fingerprint density at radius 3 is 2.55 bits per heavy atom. The van der Waals surface area contributed by atoms with Crippen LogP contribution in [0.2, 0.25) is 0 Å². The van der Waals surface area contributed by atoms with Gasteiger partial charge in [-0.3, -0.25) is 4.79 Å². The molecule has 0 aromatic heterocycles. The number of aliphatic imine (C=N–C) groups is 1. The van der Waals surface area contributed by atoms with Gasteiger partial charge in [0.25, 0.3) is 0 Å². The Kier molecular flexibility index (Phi) is 5.65. The molecule has 2 fully saturated rings. The molecule has 2 aliphatic heterocycles. The standard InChI is InChI=1S/C21H22N2O4S2/c1-27-17-10-8-16(9-11-17)23-18-13-29(25,26)14-19(18)28-21(23)22-20(24)12-7-15-5-3-2-4-6-15/h2-6,8-11,18-19H,7,12-14H2,1H3/t18-,19+/m1/s1. The van der Waals surface area contributed by atoms with Crippen LogP contribution in [0.15, 0.2) is 59.6 Å². The molecule has 29 heavy (non-hydrogen) atoms. The van der Waals surface area contributed by atoms with Gasteiger partial charge in [-0.15, -0.1) is 0 Å². The van der Waals surface area contributed by atoms with Crippen molar-refractivity contribution in [3.8, 4) is 5.75 Å². The summed E-state index contributed by atoms with van der Waals surface area (Å²) in [5.74, 6) is 0.714. The van der Waals surface area contributed by atoms with Gasteiger partial charge in [0.1, 0.15) is 5.75 Å². The number of carbonyl (C=O) groups excluding carboxylic acids is 1. The van der Waals surface area contributed by atoms with Crippen molar-refractivity contribution >= 4 is 38.4 Å². The maximum Gasteiger partial charge on any atom is 0.248 e. The molecule has 0 N–H and O–H groups in total. The predicted octanol–water partition coefficient (Wildman–Crippen LogP) is 2.93. The fourth-order valence-corrected chi connectivity index (χ4v) is 7.60. The molecule has 2 atom stereocenters. The van der Waals surface area contributed by atoms with Crippen molar-refractivity contribution in [2.75, 3.05) is 23.5 Å². The molecule has 6 nitrogen and oxygen atoms in total. The maximum atomic E-state index is 12.5. The Balaban J connectivity index is 1.57. The van der Waals surface area contributed by atoms with E-state index in [1.165, 1.54) is 11.8 Å². The zero-order valence-electron chi connectivity index (χ0n) is 16.0. The lowest BCUT2D eigenvalue weighted by atomic mass is 10.1. The summed E-state index contributed by atoms with van der Waals surface area (Å²) in [6.45, 7) is 0. The van der Waals surface area contributed by atoms with Crippen molar-refractivity contribution < 1.29 is 17.9 Å². The molecule has 1 amide bonds. The molecule has 0 aliphatic carbocycles. The Bertz CT molecular complexity index is 1020. The SMILES string of the molecule is COc1ccc(N2C(=NC(=O)CCc3ccccc3)S[C@H]3CS(=O)(=O)C[C@H]32)cc1. The second-order valence-electron chi connectivity index (χ2n) is 7.14. The number of ether oxygens (including phenoxy) is 1. The van der Waals surface area contributed by atoms with E-state index in [4.69, 9.17) is 4.74 Å². The van der Waals surface area contributed by atoms with Crippen LogP contribution >= 0.6 is 11.8 Å². The number of fused-ring (bicyclic) bond motifs is 1. The molecule has 2 aromatic carbocycles. The van der Waals surface area contributed by atoms with Crippen LogP contribution in [0, 0.1) is 0 Å². The third-order valence-corrected chi connectivity index (χ3v) is 8.32. The van der Waals surface area contributed by atoms with Crippen molar-refractivity contribution in [1.82, 2.24) is 0 Å². The average molecular weight is 431 g/mol. The topological polar surface area (TPSA) is 76.0 Å². The number of anilines is 1. The van der Waals surface area contributed by atoms with Crippen LogP contribution in [-0.2, 0) is 21.1 Å². The van der Waals surface area contributed by atoms with E-state index in [2.05, 4.69) is 4.99 Å². The van der Waals surface area contributed by atoms with Gasteiger partial charge < -0.3 is 9.64 Å². The Labute approximate surface area is 174 Å². The third kappa shape index (κ3) is 4.48. The van der Waals surface area contributed by atoms with Crippen molar-refractivity contribution in [2.24, 2.45) is 4.99 Å². The van der Waals surface area contributed by atoms with Crippen LogP contribution in [0.25, 0.3) is 0 Å². The molecule has 0 radical (unpaired) electrons. The average Bonchev–Trinajstić information content (AvgIpc) is 3.18. The lowest BCUT2D eigenvalue weighted by Gasteiger charge is -2.24. The van der Waals surface area contributed by atoms with Gasteiger partial charge in [0.2, 0.25) is 5.91 Å². The van der Waals surface area contributed by atoms with Crippen molar-refractivity contribution in [1.29, 1.82) is 0 Å². The summed E-state index contributed by atoms with van der Waals surface area (Å²) in [5, 5.41) is 0.473. The molecule has 0 bridgehead atoms. The number of amidine groups is 1. The van der Waals surface area contributed by atoms with E-state index in [1.54, 1.807) is 7.11 Å². The van der Waals surface area contributed by atoms with Crippen molar-refractivity contribution in [2.45, 2.75) is 24.1 Å². The summed E-state index contributed by atoms with van der Waals surface area (Å²) < 4.78 is 29.5. The summed E-state index contributed by atoms with van der Waals surface area (Å²) in [7, 11) is -1.49. The molecule has 0 unspecified atom stereocenters. The monoisotopic (exact) mass is 430 g/mol. The normalized spacial score (nSPS) is 23.9. The molecule has 152 valence electrons. The highest BCUT2D eigenvalue weighted by Gasteiger charge is 2.49.